The molecule has 0 atom stereocenters. The number of rotatable bonds is 2. The van der Waals surface area contributed by atoms with E-state index >= 15 is 0 Å². The molecule has 0 fully saturated rings. The maximum Gasteiger partial charge on any atom is 0.174 e. The summed E-state index contributed by atoms with van der Waals surface area (Å²) in [5, 5.41) is 0. The van der Waals surface area contributed by atoms with Gasteiger partial charge in [-0.2, -0.15) is 0 Å². The molecule has 0 amide bonds. The van der Waals surface area contributed by atoms with Crippen molar-refractivity contribution in [1.82, 2.24) is 9.97 Å². The van der Waals surface area contributed by atoms with E-state index in [4.69, 9.17) is 6.42 Å². The Hall–Kier alpha value is -2.21. The van der Waals surface area contributed by atoms with Crippen molar-refractivity contribution in [1.29, 1.82) is 0 Å². The molecule has 3 nitrogen and oxygen atoms in total. The fourth-order valence-electron chi connectivity index (χ4n) is 1.33. The largest absolute Gasteiger partial charge is 0.293 e. The molecule has 0 aliphatic heterocycles. The highest BCUT2D eigenvalue weighted by Gasteiger charge is 2.05. The zero-order valence-corrected chi connectivity index (χ0v) is 7.97. The molecule has 1 aromatic heterocycles. The van der Waals surface area contributed by atoms with Crippen molar-refractivity contribution in [3.05, 3.63) is 36.2 Å². The Morgan fingerprint density at radius 1 is 1.27 bits per heavy atom. The van der Waals surface area contributed by atoms with Crippen LogP contribution in [-0.4, -0.2) is 15.8 Å². The van der Waals surface area contributed by atoms with Crippen molar-refractivity contribution >= 4 is 16.8 Å². The van der Waals surface area contributed by atoms with Gasteiger partial charge in [0.15, 0.2) is 5.78 Å². The molecule has 72 valence electrons. The molecule has 0 radical (unpaired) electrons. The average Bonchev–Trinajstić information content (AvgIpc) is 2.29. The van der Waals surface area contributed by atoms with E-state index < -0.39 is 0 Å². The van der Waals surface area contributed by atoms with Gasteiger partial charge in [-0.1, -0.05) is 5.92 Å². The van der Waals surface area contributed by atoms with E-state index in [0.29, 0.717) is 11.1 Å². The van der Waals surface area contributed by atoms with Gasteiger partial charge >= 0.3 is 0 Å². The lowest BCUT2D eigenvalue weighted by Crippen LogP contribution is -1.97. The molecule has 2 rings (SSSR count). The van der Waals surface area contributed by atoms with E-state index in [1.807, 2.05) is 0 Å². The van der Waals surface area contributed by atoms with Crippen LogP contribution >= 0.6 is 0 Å². The quantitative estimate of drug-likeness (QED) is 0.543. The number of nitrogens with zero attached hydrogens (tertiary/aromatic N) is 2. The Labute approximate surface area is 87.2 Å². The number of terminal acetylenes is 1. The molecule has 0 N–H and O–H groups in total. The van der Waals surface area contributed by atoms with Crippen molar-refractivity contribution < 1.29 is 4.79 Å². The number of carbonyl (C=O) groups is 1. The second-order valence-electron chi connectivity index (χ2n) is 3.06. The van der Waals surface area contributed by atoms with Crippen molar-refractivity contribution in [2.75, 3.05) is 0 Å². The molecule has 3 heteroatoms. The highest BCUT2D eigenvalue weighted by atomic mass is 16.1. The van der Waals surface area contributed by atoms with Crippen LogP contribution in [0.15, 0.2) is 30.6 Å². The van der Waals surface area contributed by atoms with E-state index in [1.54, 1.807) is 30.6 Å². The van der Waals surface area contributed by atoms with Gasteiger partial charge in [0.1, 0.15) is 0 Å². The average molecular weight is 196 g/mol. The lowest BCUT2D eigenvalue weighted by atomic mass is 10.1. The molecule has 0 bridgehead atoms. The summed E-state index contributed by atoms with van der Waals surface area (Å²) in [6, 6.07) is 5.20. The van der Waals surface area contributed by atoms with E-state index in [9.17, 15) is 4.79 Å². The zero-order valence-electron chi connectivity index (χ0n) is 7.97. The van der Waals surface area contributed by atoms with Gasteiger partial charge in [-0.25, -0.2) is 0 Å². The number of Topliss-reactive ketones (excluding diaryl/α,β-unsaturated/α-hetero) is 1. The van der Waals surface area contributed by atoms with E-state index in [2.05, 4.69) is 15.9 Å². The van der Waals surface area contributed by atoms with Crippen molar-refractivity contribution in [3.63, 3.8) is 0 Å². The molecule has 0 aliphatic rings. The van der Waals surface area contributed by atoms with Crippen LogP contribution in [0.25, 0.3) is 11.0 Å². The minimum atomic E-state index is -0.0648. The summed E-state index contributed by atoms with van der Waals surface area (Å²) in [6.45, 7) is 0. The molecule has 1 aromatic carbocycles. The van der Waals surface area contributed by atoms with Crippen molar-refractivity contribution in [2.24, 2.45) is 0 Å². The van der Waals surface area contributed by atoms with Gasteiger partial charge in [-0.05, 0) is 18.2 Å². The second-order valence-corrected chi connectivity index (χ2v) is 3.06. The predicted octanol–water partition coefficient (Wildman–Crippen LogP) is 1.84. The second kappa shape index (κ2) is 3.89. The summed E-state index contributed by atoms with van der Waals surface area (Å²) in [7, 11) is 0. The molecule has 0 spiro atoms. The van der Waals surface area contributed by atoms with Gasteiger partial charge in [-0.15, -0.1) is 6.42 Å². The number of hydrogen-bond acceptors (Lipinski definition) is 3. The zero-order chi connectivity index (χ0) is 10.7. The molecule has 1 heterocycles. The Bertz CT molecular complexity index is 555. The molecule has 0 saturated carbocycles. The number of fused-ring (bicyclic) bond motifs is 1. The summed E-state index contributed by atoms with van der Waals surface area (Å²) in [4.78, 5) is 19.7. The van der Waals surface area contributed by atoms with Gasteiger partial charge < -0.3 is 0 Å². The van der Waals surface area contributed by atoms with E-state index in [0.717, 1.165) is 5.52 Å². The Morgan fingerprint density at radius 2 is 2.00 bits per heavy atom. The molecule has 2 aromatic rings. The van der Waals surface area contributed by atoms with E-state index in [1.165, 1.54) is 0 Å². The first-order valence-corrected chi connectivity index (χ1v) is 4.48. The fraction of sp³-hybridized carbons (Fsp3) is 0.0833. The van der Waals surface area contributed by atoms with Gasteiger partial charge in [0.05, 0.1) is 17.5 Å². The Morgan fingerprint density at radius 3 is 2.73 bits per heavy atom. The van der Waals surface area contributed by atoms with Gasteiger partial charge in [0.25, 0.3) is 0 Å². The topological polar surface area (TPSA) is 42.9 Å². The Balaban J connectivity index is 2.48. The van der Waals surface area contributed by atoms with Crippen LogP contribution in [0.5, 0.6) is 0 Å². The third kappa shape index (κ3) is 1.84. The molecular weight excluding hydrogens is 188 g/mol. The van der Waals surface area contributed by atoms with Crippen LogP contribution in [-0.2, 0) is 0 Å². The van der Waals surface area contributed by atoms with Crippen LogP contribution in [0.4, 0.5) is 0 Å². The number of ketones is 1. The number of aromatic nitrogens is 2. The smallest absolute Gasteiger partial charge is 0.174 e. The predicted molar refractivity (Wildman–Crippen MR) is 57.3 cm³/mol. The van der Waals surface area contributed by atoms with Crippen molar-refractivity contribution in [3.8, 4) is 12.3 Å². The SMILES string of the molecule is C#CCC(=O)c1ccc2nccnc2c1. The molecule has 0 unspecified atom stereocenters. The lowest BCUT2D eigenvalue weighted by molar-refractivity contribution is 0.0998. The monoisotopic (exact) mass is 196 g/mol. The van der Waals surface area contributed by atoms with E-state index in [-0.39, 0.29) is 12.2 Å². The molecular formula is C12H8N2O. The first-order chi connectivity index (χ1) is 7.31. The molecule has 15 heavy (non-hydrogen) atoms. The third-order valence-corrected chi connectivity index (χ3v) is 2.05. The highest BCUT2D eigenvalue weighted by Crippen LogP contribution is 2.12. The van der Waals surface area contributed by atoms with Crippen LogP contribution in [0.3, 0.4) is 0 Å². The van der Waals surface area contributed by atoms with Crippen molar-refractivity contribution in [2.45, 2.75) is 6.42 Å². The number of hydrogen-bond donors (Lipinski definition) is 0. The summed E-state index contributed by atoms with van der Waals surface area (Å²) < 4.78 is 0. The standard InChI is InChI=1S/C12H8N2O/c1-2-3-12(15)9-4-5-10-11(8-9)14-7-6-13-10/h1,4-8H,3H2. The first kappa shape index (κ1) is 9.35. The maximum absolute atomic E-state index is 11.5. The first-order valence-electron chi connectivity index (χ1n) is 4.48. The molecule has 0 saturated heterocycles. The summed E-state index contributed by atoms with van der Waals surface area (Å²) in [5.74, 6) is 2.26. The summed E-state index contributed by atoms with van der Waals surface area (Å²) in [6.07, 6.45) is 8.41. The van der Waals surface area contributed by atoms with Gasteiger partial charge in [0, 0.05) is 18.0 Å². The summed E-state index contributed by atoms with van der Waals surface area (Å²) >= 11 is 0. The lowest BCUT2D eigenvalue weighted by Gasteiger charge is -1.99. The summed E-state index contributed by atoms with van der Waals surface area (Å²) in [5.41, 5.74) is 2.07. The Kier molecular flexibility index (Phi) is 2.42. The molecule has 0 aliphatic carbocycles. The maximum atomic E-state index is 11.5. The van der Waals surface area contributed by atoms with Crippen LogP contribution in [0.1, 0.15) is 16.8 Å². The number of benzene rings is 1. The van der Waals surface area contributed by atoms with Gasteiger partial charge in [0.2, 0.25) is 0 Å². The normalized spacial score (nSPS) is 9.80. The van der Waals surface area contributed by atoms with Crippen LogP contribution in [0, 0.1) is 12.3 Å². The van der Waals surface area contributed by atoms with Crippen LogP contribution in [0.2, 0.25) is 0 Å². The minimum absolute atomic E-state index is 0.0648. The number of carbonyl (C=O) groups excluding carboxylic acids is 1. The van der Waals surface area contributed by atoms with Gasteiger partial charge in [-0.3, -0.25) is 14.8 Å². The minimum Gasteiger partial charge on any atom is -0.293 e. The third-order valence-electron chi connectivity index (χ3n) is 2.05. The highest BCUT2D eigenvalue weighted by molar-refractivity contribution is 5.99. The fourth-order valence-corrected chi connectivity index (χ4v) is 1.33. The van der Waals surface area contributed by atoms with Crippen LogP contribution < -0.4 is 0 Å².